The van der Waals surface area contributed by atoms with Crippen LogP contribution in [0.4, 0.5) is 0 Å². The van der Waals surface area contributed by atoms with E-state index in [2.05, 4.69) is 10.6 Å². The fraction of sp³-hybridized carbons (Fsp3) is 0.455. The van der Waals surface area contributed by atoms with Crippen molar-refractivity contribution in [3.8, 4) is 0 Å². The van der Waals surface area contributed by atoms with Crippen LogP contribution in [0.5, 0.6) is 0 Å². The molecule has 0 spiro atoms. The maximum absolute atomic E-state index is 13.4. The number of carbonyl (C=O) groups is 6. The predicted octanol–water partition coefficient (Wildman–Crippen LogP) is 0.434. The van der Waals surface area contributed by atoms with Crippen molar-refractivity contribution >= 4 is 47.5 Å². The molecular weight excluding hydrogens is 468 g/mol. The zero-order valence-corrected chi connectivity index (χ0v) is 19.2. The molecule has 0 bridgehead atoms. The zero-order valence-electron chi connectivity index (χ0n) is 18.5. The number of carboxylic acids is 1. The van der Waals surface area contributed by atoms with Crippen LogP contribution in [0, 0.1) is 6.92 Å². The zero-order chi connectivity index (χ0) is 25.0. The molecule has 3 rings (SSSR count). The largest absolute Gasteiger partial charge is 0.481 e. The van der Waals surface area contributed by atoms with E-state index in [-0.39, 0.29) is 37.3 Å². The first-order valence-electron chi connectivity index (χ1n) is 10.8. The number of amides is 4. The molecule has 2 aliphatic rings. The number of halogens is 1. The lowest BCUT2D eigenvalue weighted by atomic mass is 10.0. The Labute approximate surface area is 200 Å². The van der Waals surface area contributed by atoms with Crippen LogP contribution in [0.15, 0.2) is 18.2 Å². The first kappa shape index (κ1) is 25.2. The second-order valence-electron chi connectivity index (χ2n) is 8.18. The first-order chi connectivity index (χ1) is 16.1. The van der Waals surface area contributed by atoms with Gasteiger partial charge in [-0.25, -0.2) is 5.01 Å². The van der Waals surface area contributed by atoms with E-state index in [0.29, 0.717) is 23.3 Å². The molecule has 1 aromatic carbocycles. The van der Waals surface area contributed by atoms with Gasteiger partial charge in [-0.1, -0.05) is 17.7 Å². The average Bonchev–Trinajstić information content (AvgIpc) is 2.92. The first-order valence-corrected chi connectivity index (χ1v) is 11.2. The van der Waals surface area contributed by atoms with Crippen molar-refractivity contribution in [2.75, 3.05) is 6.54 Å². The maximum Gasteiger partial charge on any atom is 0.305 e. The van der Waals surface area contributed by atoms with Gasteiger partial charge < -0.3 is 20.5 Å². The van der Waals surface area contributed by atoms with E-state index >= 15 is 0 Å². The Bertz CT molecular complexity index is 1030. The summed E-state index contributed by atoms with van der Waals surface area (Å²) < 4.78 is 0. The van der Waals surface area contributed by atoms with Crippen LogP contribution in [0.3, 0.4) is 0 Å². The lowest BCUT2D eigenvalue weighted by Crippen LogP contribution is -2.64. The number of benzene rings is 1. The van der Waals surface area contributed by atoms with Crippen molar-refractivity contribution in [2.45, 2.75) is 57.2 Å². The molecule has 1 aromatic rings. The molecule has 2 heterocycles. The van der Waals surface area contributed by atoms with Crippen molar-refractivity contribution in [3.63, 3.8) is 0 Å². The summed E-state index contributed by atoms with van der Waals surface area (Å²) in [5.74, 6) is -3.58. The van der Waals surface area contributed by atoms with Gasteiger partial charge in [0.15, 0.2) is 0 Å². The SMILES string of the molecule is Cc1c(Cl)cccc1C(=O)N[C@H]1CCC(=O)N2CCC[C@@H](C(=O)N[C@H](C=O)CC(=O)O)N2C1=O. The van der Waals surface area contributed by atoms with E-state index in [1.54, 1.807) is 25.1 Å². The van der Waals surface area contributed by atoms with Gasteiger partial charge in [-0.2, -0.15) is 0 Å². The highest BCUT2D eigenvalue weighted by Crippen LogP contribution is 2.26. The molecule has 2 aliphatic heterocycles. The molecule has 0 unspecified atom stereocenters. The molecule has 34 heavy (non-hydrogen) atoms. The third-order valence-electron chi connectivity index (χ3n) is 5.87. The molecule has 0 aliphatic carbocycles. The number of rotatable bonds is 7. The number of hydrazine groups is 1. The van der Waals surface area contributed by atoms with Crippen molar-refractivity contribution in [1.82, 2.24) is 20.7 Å². The number of fused-ring (bicyclic) bond motifs is 1. The Morgan fingerprint density at radius 2 is 2.00 bits per heavy atom. The highest BCUT2D eigenvalue weighted by atomic mass is 35.5. The monoisotopic (exact) mass is 492 g/mol. The summed E-state index contributed by atoms with van der Waals surface area (Å²) in [6.45, 7) is 1.89. The summed E-state index contributed by atoms with van der Waals surface area (Å²) in [5, 5.41) is 16.5. The van der Waals surface area contributed by atoms with Crippen molar-refractivity contribution in [2.24, 2.45) is 0 Å². The van der Waals surface area contributed by atoms with Gasteiger partial charge in [0.1, 0.15) is 18.4 Å². The van der Waals surface area contributed by atoms with E-state index in [4.69, 9.17) is 16.7 Å². The van der Waals surface area contributed by atoms with Gasteiger partial charge in [0.05, 0.1) is 12.5 Å². The van der Waals surface area contributed by atoms with Gasteiger partial charge >= 0.3 is 5.97 Å². The van der Waals surface area contributed by atoms with E-state index in [1.807, 2.05) is 0 Å². The minimum Gasteiger partial charge on any atom is -0.481 e. The number of nitrogens with zero attached hydrogens (tertiary/aromatic N) is 2. The molecular formula is C22H25ClN4O7. The molecule has 0 saturated carbocycles. The minimum atomic E-state index is -1.28. The normalized spacial score (nSPS) is 21.2. The smallest absolute Gasteiger partial charge is 0.305 e. The third kappa shape index (κ3) is 5.36. The number of carbonyl (C=O) groups excluding carboxylic acids is 5. The van der Waals surface area contributed by atoms with E-state index < -0.39 is 48.2 Å². The van der Waals surface area contributed by atoms with E-state index in [9.17, 15) is 28.8 Å². The standard InChI is InChI=1S/C22H25ClN4O7/c1-12-14(4-2-5-15(12)23)20(32)25-16-7-8-18(29)26-9-3-6-17(27(26)22(16)34)21(33)24-13(11-28)10-19(30)31/h2,4-5,11,13,16-17H,3,6-10H2,1H3,(H,24,33)(H,25,32)(H,30,31)/t13-,16-,17-/m0/s1. The average molecular weight is 493 g/mol. The second kappa shape index (κ2) is 10.6. The molecule has 182 valence electrons. The van der Waals surface area contributed by atoms with Gasteiger partial charge in [0, 0.05) is 23.6 Å². The number of nitrogens with one attached hydrogen (secondary N) is 2. The summed E-state index contributed by atoms with van der Waals surface area (Å²) >= 11 is 6.09. The molecule has 12 heteroatoms. The minimum absolute atomic E-state index is 0.0218. The van der Waals surface area contributed by atoms with Gasteiger partial charge in [0.2, 0.25) is 11.8 Å². The Morgan fingerprint density at radius 1 is 1.26 bits per heavy atom. The molecule has 2 fully saturated rings. The summed E-state index contributed by atoms with van der Waals surface area (Å²) in [4.78, 5) is 74.1. The summed E-state index contributed by atoms with van der Waals surface area (Å²) in [5.41, 5.74) is 0.817. The fourth-order valence-electron chi connectivity index (χ4n) is 4.10. The van der Waals surface area contributed by atoms with Crippen molar-refractivity contribution in [1.29, 1.82) is 0 Å². The molecule has 11 nitrogen and oxygen atoms in total. The molecule has 4 amide bonds. The van der Waals surface area contributed by atoms with Crippen LogP contribution in [0.1, 0.15) is 48.0 Å². The lowest BCUT2D eigenvalue weighted by molar-refractivity contribution is -0.176. The van der Waals surface area contributed by atoms with Crippen LogP contribution in [-0.2, 0) is 24.0 Å². The highest BCUT2D eigenvalue weighted by molar-refractivity contribution is 6.31. The quantitative estimate of drug-likeness (QED) is 0.466. The molecule has 0 aromatic heterocycles. The number of carboxylic acid groups (broad SMARTS) is 1. The van der Waals surface area contributed by atoms with Crippen LogP contribution in [0.2, 0.25) is 5.02 Å². The van der Waals surface area contributed by atoms with Crippen LogP contribution in [0.25, 0.3) is 0 Å². The summed E-state index contributed by atoms with van der Waals surface area (Å²) in [6, 6.07) is 1.32. The van der Waals surface area contributed by atoms with Gasteiger partial charge in [0.25, 0.3) is 11.8 Å². The Balaban J connectivity index is 1.83. The molecule has 3 N–H and O–H groups in total. The van der Waals surface area contributed by atoms with E-state index in [1.165, 1.54) is 5.01 Å². The highest BCUT2D eigenvalue weighted by Gasteiger charge is 2.45. The van der Waals surface area contributed by atoms with E-state index in [0.717, 1.165) is 5.01 Å². The predicted molar refractivity (Wildman–Crippen MR) is 119 cm³/mol. The number of aldehydes is 1. The summed E-state index contributed by atoms with van der Waals surface area (Å²) in [7, 11) is 0. The maximum atomic E-state index is 13.4. The Morgan fingerprint density at radius 3 is 2.68 bits per heavy atom. The van der Waals surface area contributed by atoms with Gasteiger partial charge in [-0.3, -0.25) is 29.0 Å². The number of hydrogen-bond acceptors (Lipinski definition) is 6. The topological polar surface area (TPSA) is 153 Å². The van der Waals surface area contributed by atoms with Crippen LogP contribution in [-0.4, -0.2) is 75.7 Å². The second-order valence-corrected chi connectivity index (χ2v) is 8.59. The fourth-order valence-corrected chi connectivity index (χ4v) is 4.27. The van der Waals surface area contributed by atoms with Crippen LogP contribution >= 0.6 is 11.6 Å². The molecule has 2 saturated heterocycles. The number of hydrogen-bond donors (Lipinski definition) is 3. The summed E-state index contributed by atoms with van der Waals surface area (Å²) in [6.07, 6.45) is 0.339. The van der Waals surface area contributed by atoms with Crippen LogP contribution < -0.4 is 10.6 Å². The Kier molecular flexibility index (Phi) is 7.87. The third-order valence-corrected chi connectivity index (χ3v) is 6.28. The Hall–Kier alpha value is -3.47. The molecule has 3 atom stereocenters. The van der Waals surface area contributed by atoms with Crippen molar-refractivity contribution in [3.05, 3.63) is 34.3 Å². The number of aliphatic carboxylic acids is 1. The van der Waals surface area contributed by atoms with Gasteiger partial charge in [-0.05, 0) is 43.9 Å². The molecule has 0 radical (unpaired) electrons. The van der Waals surface area contributed by atoms with Crippen molar-refractivity contribution < 1.29 is 33.9 Å². The van der Waals surface area contributed by atoms with Gasteiger partial charge in [-0.15, -0.1) is 0 Å². The lowest BCUT2D eigenvalue weighted by Gasteiger charge is -2.43.